The van der Waals surface area contributed by atoms with Crippen LogP contribution < -0.4 is 5.73 Å². The summed E-state index contributed by atoms with van der Waals surface area (Å²) in [4.78, 5) is 35.0. The van der Waals surface area contributed by atoms with Gasteiger partial charge in [0.1, 0.15) is 23.3 Å². The maximum atomic E-state index is 13.5. The molecular formula is C20H14F4N4O3. The fourth-order valence-corrected chi connectivity index (χ4v) is 3.54. The highest BCUT2D eigenvalue weighted by Crippen LogP contribution is 2.41. The molecule has 0 saturated heterocycles. The lowest BCUT2D eigenvalue weighted by Gasteiger charge is -2.21. The molecule has 3 aromatic rings. The second-order valence-electron chi connectivity index (χ2n) is 6.97. The standard InChI is InChI=1S/C20H14F4N4O3/c1-8-3-6-12(31-8)14-13-15(27-19(25)26-14)16(28(2)18(13)30)17(29)10-5-4-9(21)7-11(10)20(22,23)24/h3-7,16H,1-2H3,(H2,25,26,27). The van der Waals surface area contributed by atoms with Crippen molar-refractivity contribution in [1.29, 1.82) is 0 Å². The number of alkyl halides is 3. The van der Waals surface area contributed by atoms with Crippen LogP contribution in [-0.4, -0.2) is 33.6 Å². The number of Topliss-reactive ketones (excluding diaryl/α,β-unsaturated/α-hetero) is 1. The Labute approximate surface area is 172 Å². The molecular weight excluding hydrogens is 420 g/mol. The number of aromatic nitrogens is 2. The largest absolute Gasteiger partial charge is 0.460 e. The summed E-state index contributed by atoms with van der Waals surface area (Å²) in [6.07, 6.45) is -4.99. The van der Waals surface area contributed by atoms with E-state index >= 15 is 0 Å². The van der Waals surface area contributed by atoms with Crippen molar-refractivity contribution in [3.05, 3.63) is 64.3 Å². The molecule has 1 unspecified atom stereocenters. The molecule has 0 saturated carbocycles. The van der Waals surface area contributed by atoms with Gasteiger partial charge in [0.05, 0.1) is 16.8 Å². The summed E-state index contributed by atoms with van der Waals surface area (Å²) in [5.74, 6) is -2.50. The molecule has 0 fully saturated rings. The minimum absolute atomic E-state index is 0.0258. The van der Waals surface area contributed by atoms with Crippen LogP contribution in [0.15, 0.2) is 34.7 Å². The molecule has 1 aromatic carbocycles. The van der Waals surface area contributed by atoms with Gasteiger partial charge in [0.25, 0.3) is 5.91 Å². The SMILES string of the molecule is Cc1ccc(-c2nc(N)nc3c2C(=O)N(C)C3C(=O)c2ccc(F)cc2C(F)(F)F)o1. The van der Waals surface area contributed by atoms with E-state index in [9.17, 15) is 27.2 Å². The molecule has 0 spiro atoms. The van der Waals surface area contributed by atoms with Gasteiger partial charge in [-0.2, -0.15) is 13.2 Å². The molecule has 2 N–H and O–H groups in total. The number of fused-ring (bicyclic) bond motifs is 1. The molecule has 31 heavy (non-hydrogen) atoms. The Morgan fingerprint density at radius 2 is 1.90 bits per heavy atom. The molecule has 1 atom stereocenters. The van der Waals surface area contributed by atoms with Crippen molar-refractivity contribution in [2.45, 2.75) is 19.1 Å². The number of aryl methyl sites for hydroxylation is 1. The normalized spacial score (nSPS) is 16.0. The number of nitrogen functional groups attached to an aromatic ring is 1. The van der Waals surface area contributed by atoms with Gasteiger partial charge < -0.3 is 15.1 Å². The first-order valence-corrected chi connectivity index (χ1v) is 8.91. The predicted molar refractivity (Wildman–Crippen MR) is 99.5 cm³/mol. The summed E-state index contributed by atoms with van der Waals surface area (Å²) in [6, 6.07) is 3.37. The number of carbonyl (C=O) groups excluding carboxylic acids is 2. The van der Waals surface area contributed by atoms with E-state index in [0.29, 0.717) is 5.76 Å². The van der Waals surface area contributed by atoms with Gasteiger partial charge in [0, 0.05) is 12.6 Å². The Morgan fingerprint density at radius 3 is 2.52 bits per heavy atom. The number of anilines is 1. The van der Waals surface area contributed by atoms with Crippen molar-refractivity contribution in [3.63, 3.8) is 0 Å². The quantitative estimate of drug-likeness (QED) is 0.497. The molecule has 2 aromatic heterocycles. The van der Waals surface area contributed by atoms with Gasteiger partial charge in [-0.25, -0.2) is 14.4 Å². The van der Waals surface area contributed by atoms with E-state index in [2.05, 4.69) is 9.97 Å². The molecule has 1 aliphatic heterocycles. The van der Waals surface area contributed by atoms with Gasteiger partial charge in [-0.3, -0.25) is 9.59 Å². The number of amides is 1. The minimum atomic E-state index is -4.99. The number of carbonyl (C=O) groups is 2. The lowest BCUT2D eigenvalue weighted by atomic mass is 9.95. The van der Waals surface area contributed by atoms with E-state index in [0.717, 1.165) is 17.0 Å². The highest BCUT2D eigenvalue weighted by Gasteiger charge is 2.46. The van der Waals surface area contributed by atoms with Gasteiger partial charge in [-0.1, -0.05) is 0 Å². The second-order valence-corrected chi connectivity index (χ2v) is 6.97. The number of hydrogen-bond acceptors (Lipinski definition) is 6. The Kier molecular flexibility index (Phi) is 4.56. The minimum Gasteiger partial charge on any atom is -0.460 e. The number of furan rings is 1. The summed E-state index contributed by atoms with van der Waals surface area (Å²) in [7, 11) is 1.25. The van der Waals surface area contributed by atoms with Crippen LogP contribution in [0.4, 0.5) is 23.5 Å². The van der Waals surface area contributed by atoms with Gasteiger partial charge in [-0.05, 0) is 37.3 Å². The van der Waals surface area contributed by atoms with E-state index < -0.39 is 40.9 Å². The highest BCUT2D eigenvalue weighted by atomic mass is 19.4. The number of nitrogens with zero attached hydrogens (tertiary/aromatic N) is 3. The second kappa shape index (κ2) is 6.89. The smallest absolute Gasteiger partial charge is 0.417 e. The number of rotatable bonds is 3. The topological polar surface area (TPSA) is 102 Å². The lowest BCUT2D eigenvalue weighted by Crippen LogP contribution is -2.30. The number of nitrogens with two attached hydrogens (primary N) is 1. The molecule has 0 aliphatic carbocycles. The van der Waals surface area contributed by atoms with Crippen LogP contribution in [0.1, 0.15) is 43.8 Å². The fraction of sp³-hybridized carbons (Fsp3) is 0.200. The predicted octanol–water partition coefficient (Wildman–Crippen LogP) is 3.79. The van der Waals surface area contributed by atoms with Gasteiger partial charge in [0.2, 0.25) is 5.95 Å². The van der Waals surface area contributed by atoms with Crippen LogP contribution in [0.25, 0.3) is 11.5 Å². The van der Waals surface area contributed by atoms with E-state index in [-0.39, 0.29) is 34.7 Å². The third-order valence-corrected chi connectivity index (χ3v) is 4.91. The number of ketones is 1. The van der Waals surface area contributed by atoms with Gasteiger partial charge in [-0.15, -0.1) is 0 Å². The van der Waals surface area contributed by atoms with Crippen LogP contribution in [0, 0.1) is 12.7 Å². The van der Waals surface area contributed by atoms with Crippen LogP contribution in [0.2, 0.25) is 0 Å². The number of likely N-dealkylation sites (N-methyl/N-ethyl adjacent to an activating group) is 1. The van der Waals surface area contributed by atoms with Crippen LogP contribution in [0.5, 0.6) is 0 Å². The van der Waals surface area contributed by atoms with Crippen molar-refractivity contribution < 1.29 is 31.6 Å². The van der Waals surface area contributed by atoms with E-state index in [4.69, 9.17) is 10.2 Å². The van der Waals surface area contributed by atoms with E-state index in [1.54, 1.807) is 19.1 Å². The highest BCUT2D eigenvalue weighted by molar-refractivity contribution is 6.12. The Hall–Kier alpha value is -3.76. The summed E-state index contributed by atoms with van der Waals surface area (Å²) in [5, 5.41) is 0. The Bertz CT molecular complexity index is 1240. The maximum absolute atomic E-state index is 13.5. The van der Waals surface area contributed by atoms with E-state index in [1.165, 1.54) is 7.05 Å². The summed E-state index contributed by atoms with van der Waals surface area (Å²) >= 11 is 0. The number of halogens is 4. The zero-order chi connectivity index (χ0) is 22.7. The van der Waals surface area contributed by atoms with Crippen molar-refractivity contribution in [3.8, 4) is 11.5 Å². The van der Waals surface area contributed by atoms with Crippen molar-refractivity contribution in [2.24, 2.45) is 0 Å². The summed E-state index contributed by atoms with van der Waals surface area (Å²) < 4.78 is 59.3. The third-order valence-electron chi connectivity index (χ3n) is 4.91. The van der Waals surface area contributed by atoms with Gasteiger partial charge in [0.15, 0.2) is 11.5 Å². The maximum Gasteiger partial charge on any atom is 0.417 e. The van der Waals surface area contributed by atoms with Crippen molar-refractivity contribution in [1.82, 2.24) is 14.9 Å². The van der Waals surface area contributed by atoms with E-state index in [1.807, 2.05) is 0 Å². The molecule has 4 rings (SSSR count). The number of hydrogen-bond donors (Lipinski definition) is 1. The average Bonchev–Trinajstić information content (AvgIpc) is 3.22. The molecule has 11 heteroatoms. The first-order valence-electron chi connectivity index (χ1n) is 8.91. The fourth-order valence-electron chi connectivity index (χ4n) is 3.54. The molecule has 3 heterocycles. The molecule has 1 amide bonds. The molecule has 0 radical (unpaired) electrons. The molecule has 0 bridgehead atoms. The monoisotopic (exact) mass is 434 g/mol. The summed E-state index contributed by atoms with van der Waals surface area (Å²) in [5.41, 5.74) is 3.29. The number of benzene rings is 1. The lowest BCUT2D eigenvalue weighted by molar-refractivity contribution is -0.138. The molecule has 1 aliphatic rings. The van der Waals surface area contributed by atoms with Gasteiger partial charge >= 0.3 is 6.18 Å². The first kappa shape index (κ1) is 20.5. The Morgan fingerprint density at radius 1 is 1.19 bits per heavy atom. The third kappa shape index (κ3) is 3.31. The molecule has 160 valence electrons. The zero-order valence-corrected chi connectivity index (χ0v) is 16.1. The Balaban J connectivity index is 1.90. The molecule has 7 nitrogen and oxygen atoms in total. The summed E-state index contributed by atoms with van der Waals surface area (Å²) in [6.45, 7) is 1.67. The van der Waals surface area contributed by atoms with Crippen LogP contribution in [0.3, 0.4) is 0 Å². The van der Waals surface area contributed by atoms with Crippen LogP contribution in [-0.2, 0) is 6.18 Å². The van der Waals surface area contributed by atoms with Crippen LogP contribution >= 0.6 is 0 Å². The van der Waals surface area contributed by atoms with Crippen molar-refractivity contribution in [2.75, 3.05) is 12.8 Å². The first-order chi connectivity index (χ1) is 14.5. The zero-order valence-electron chi connectivity index (χ0n) is 16.1. The van der Waals surface area contributed by atoms with Crippen molar-refractivity contribution >= 4 is 17.6 Å². The average molecular weight is 434 g/mol.